The smallest absolute Gasteiger partial charge is 0.321 e. The highest BCUT2D eigenvalue weighted by Gasteiger charge is 2.34. The molecule has 29 heavy (non-hydrogen) atoms. The van der Waals surface area contributed by atoms with Crippen LogP contribution in [0.1, 0.15) is 47.0 Å². The van der Waals surface area contributed by atoms with Crippen molar-refractivity contribution in [1.82, 2.24) is 0 Å². The minimum Gasteiger partial charge on any atom is -0.480 e. The molecule has 8 heteroatoms. The van der Waals surface area contributed by atoms with Gasteiger partial charge in [0.2, 0.25) is 0 Å². The Morgan fingerprint density at radius 3 is 2.72 bits per heavy atom. The summed E-state index contributed by atoms with van der Waals surface area (Å²) in [7, 11) is 1.60. The van der Waals surface area contributed by atoms with Crippen LogP contribution in [0.5, 0.6) is 0 Å². The third kappa shape index (κ3) is 8.50. The molecule has 0 radical (unpaired) electrons. The van der Waals surface area contributed by atoms with Crippen molar-refractivity contribution in [1.29, 1.82) is 0 Å². The SMILES string of the molecule is CO[C@@H]1/C=C/[C@@](C)(O)[C@H](SC[C@H](N)C(=O)O)CC(=O)O[C@H](C)[C@H](C)CC/C=C\1C. The largest absolute Gasteiger partial charge is 0.480 e. The molecule has 1 aliphatic rings. The van der Waals surface area contributed by atoms with Gasteiger partial charge in [-0.1, -0.05) is 25.2 Å². The number of aliphatic carboxylic acids is 1. The first kappa shape index (κ1) is 25.7. The summed E-state index contributed by atoms with van der Waals surface area (Å²) in [5, 5.41) is 19.5. The predicted octanol–water partition coefficient (Wildman–Crippen LogP) is 2.52. The van der Waals surface area contributed by atoms with E-state index in [2.05, 4.69) is 6.08 Å². The minimum atomic E-state index is -1.39. The van der Waals surface area contributed by atoms with E-state index in [1.165, 1.54) is 0 Å². The molecular weight excluding hydrogens is 394 g/mol. The van der Waals surface area contributed by atoms with Crippen LogP contribution < -0.4 is 5.73 Å². The van der Waals surface area contributed by atoms with Crippen LogP contribution >= 0.6 is 11.8 Å². The van der Waals surface area contributed by atoms with Crippen LogP contribution in [0, 0.1) is 5.92 Å². The molecule has 1 rings (SSSR count). The van der Waals surface area contributed by atoms with Gasteiger partial charge >= 0.3 is 11.9 Å². The van der Waals surface area contributed by atoms with Gasteiger partial charge in [0.15, 0.2) is 0 Å². The summed E-state index contributed by atoms with van der Waals surface area (Å²) < 4.78 is 11.1. The summed E-state index contributed by atoms with van der Waals surface area (Å²) in [6.45, 7) is 7.47. The van der Waals surface area contributed by atoms with Crippen molar-refractivity contribution in [3.8, 4) is 0 Å². The first-order chi connectivity index (χ1) is 13.5. The van der Waals surface area contributed by atoms with E-state index in [9.17, 15) is 14.7 Å². The molecule has 0 aromatic rings. The number of esters is 1. The Hall–Kier alpha value is -1.35. The van der Waals surface area contributed by atoms with Crippen molar-refractivity contribution in [2.75, 3.05) is 12.9 Å². The summed E-state index contributed by atoms with van der Waals surface area (Å²) in [6, 6.07) is -1.08. The number of nitrogens with two attached hydrogens (primary N) is 1. The van der Waals surface area contributed by atoms with E-state index in [-0.39, 0.29) is 30.3 Å². The van der Waals surface area contributed by atoms with Crippen molar-refractivity contribution in [3.63, 3.8) is 0 Å². The molecule has 0 amide bonds. The number of cyclic esters (lactones) is 1. The quantitative estimate of drug-likeness (QED) is 0.451. The summed E-state index contributed by atoms with van der Waals surface area (Å²) in [5.74, 6) is -1.31. The molecule has 0 saturated heterocycles. The number of allylic oxidation sites excluding steroid dienone is 1. The highest BCUT2D eigenvalue weighted by atomic mass is 32.2. The van der Waals surface area contributed by atoms with Crippen LogP contribution in [-0.2, 0) is 19.1 Å². The Morgan fingerprint density at radius 2 is 2.14 bits per heavy atom. The minimum absolute atomic E-state index is 0.0577. The number of aliphatic hydroxyl groups is 1. The van der Waals surface area contributed by atoms with Gasteiger partial charge in [-0.05, 0) is 45.1 Å². The number of thioether (sulfide) groups is 1. The van der Waals surface area contributed by atoms with Crippen molar-refractivity contribution >= 4 is 23.7 Å². The Bertz CT molecular complexity index is 618. The lowest BCUT2D eigenvalue weighted by Gasteiger charge is -2.31. The fourth-order valence-electron chi connectivity index (χ4n) is 2.98. The second-order valence-electron chi connectivity index (χ2n) is 7.91. The average Bonchev–Trinajstić information content (AvgIpc) is 2.63. The van der Waals surface area contributed by atoms with Crippen LogP contribution in [-0.4, -0.2) is 64.1 Å². The number of hydrogen-bond acceptors (Lipinski definition) is 7. The van der Waals surface area contributed by atoms with Crippen LogP contribution in [0.25, 0.3) is 0 Å². The van der Waals surface area contributed by atoms with Crippen LogP contribution in [0.3, 0.4) is 0 Å². The maximum Gasteiger partial charge on any atom is 0.321 e. The molecule has 0 bridgehead atoms. The van der Waals surface area contributed by atoms with E-state index < -0.39 is 28.8 Å². The van der Waals surface area contributed by atoms with Gasteiger partial charge in [0.1, 0.15) is 12.1 Å². The number of carbonyl (C=O) groups excluding carboxylic acids is 1. The second kappa shape index (κ2) is 11.7. The van der Waals surface area contributed by atoms with Crippen LogP contribution in [0.4, 0.5) is 0 Å². The van der Waals surface area contributed by atoms with E-state index in [0.717, 1.165) is 30.2 Å². The fourth-order valence-corrected chi connectivity index (χ4v) is 4.23. The molecule has 0 fully saturated rings. The third-order valence-electron chi connectivity index (χ3n) is 5.32. The Balaban J connectivity index is 3.17. The zero-order valence-corrected chi connectivity index (χ0v) is 18.8. The van der Waals surface area contributed by atoms with Crippen molar-refractivity contribution in [2.45, 2.75) is 76.1 Å². The monoisotopic (exact) mass is 429 g/mol. The number of carboxylic acids is 1. The zero-order chi connectivity index (χ0) is 22.2. The first-order valence-corrected chi connectivity index (χ1v) is 10.9. The molecule has 0 unspecified atom stereocenters. The van der Waals surface area contributed by atoms with E-state index in [0.29, 0.717) is 0 Å². The van der Waals surface area contributed by atoms with Gasteiger partial charge in [-0.2, -0.15) is 11.8 Å². The summed E-state index contributed by atoms with van der Waals surface area (Å²) in [5.41, 5.74) is 5.25. The molecule has 7 nitrogen and oxygen atoms in total. The lowest BCUT2D eigenvalue weighted by atomic mass is 9.95. The highest BCUT2D eigenvalue weighted by Crippen LogP contribution is 2.30. The molecule has 6 atom stereocenters. The van der Waals surface area contributed by atoms with Gasteiger partial charge in [-0.3, -0.25) is 9.59 Å². The second-order valence-corrected chi connectivity index (χ2v) is 9.15. The topological polar surface area (TPSA) is 119 Å². The third-order valence-corrected chi connectivity index (χ3v) is 6.91. The molecule has 0 aromatic heterocycles. The number of carboxylic acid groups (broad SMARTS) is 1. The van der Waals surface area contributed by atoms with Gasteiger partial charge in [0.05, 0.1) is 18.1 Å². The number of carbonyl (C=O) groups is 2. The zero-order valence-electron chi connectivity index (χ0n) is 18.0. The molecule has 0 aromatic carbocycles. The normalized spacial score (nSPS) is 36.2. The van der Waals surface area contributed by atoms with E-state index >= 15 is 0 Å². The van der Waals surface area contributed by atoms with E-state index in [1.807, 2.05) is 20.8 Å². The van der Waals surface area contributed by atoms with Crippen LogP contribution in [0.2, 0.25) is 0 Å². The summed E-state index contributed by atoms with van der Waals surface area (Å²) >= 11 is 1.15. The molecule has 166 valence electrons. The van der Waals surface area contributed by atoms with Gasteiger partial charge in [-0.25, -0.2) is 0 Å². The lowest BCUT2D eigenvalue weighted by Crippen LogP contribution is -2.40. The van der Waals surface area contributed by atoms with Crippen LogP contribution in [0.15, 0.2) is 23.8 Å². The molecule has 0 spiro atoms. The highest BCUT2D eigenvalue weighted by molar-refractivity contribution is 8.00. The van der Waals surface area contributed by atoms with Crippen molar-refractivity contribution in [2.24, 2.45) is 11.7 Å². The van der Waals surface area contributed by atoms with Gasteiger partial charge in [0, 0.05) is 18.1 Å². The lowest BCUT2D eigenvalue weighted by molar-refractivity contribution is -0.151. The maximum absolute atomic E-state index is 12.5. The first-order valence-electron chi connectivity index (χ1n) is 9.88. The number of hydrogen-bond donors (Lipinski definition) is 3. The Morgan fingerprint density at radius 1 is 1.48 bits per heavy atom. The molecule has 0 aliphatic carbocycles. The van der Waals surface area contributed by atoms with Crippen molar-refractivity contribution < 1.29 is 29.3 Å². The van der Waals surface area contributed by atoms with Gasteiger partial charge < -0.3 is 25.4 Å². The number of ether oxygens (including phenoxy) is 2. The number of rotatable bonds is 5. The van der Waals surface area contributed by atoms with E-state index in [1.54, 1.807) is 26.2 Å². The number of methoxy groups -OCH3 is 1. The Kier molecular flexibility index (Phi) is 10.4. The maximum atomic E-state index is 12.5. The molecular formula is C21H35NO6S. The predicted molar refractivity (Wildman–Crippen MR) is 115 cm³/mol. The van der Waals surface area contributed by atoms with Crippen molar-refractivity contribution in [3.05, 3.63) is 23.8 Å². The standard InChI is InChI=1S/C21H35NO6S/c1-13-7-6-8-14(2)17(27-5)9-10-21(4,26)18(11-19(23)28-15(13)3)29-12-16(22)20(24)25/h8-10,13,15-18,26H,6-7,11-12,22H2,1-5H3,(H,24,25)/b10-9+,14-8-/t13-,15-,16+,17-,18-,21-/m1/s1. The fraction of sp³-hybridized carbons (Fsp3) is 0.714. The summed E-state index contributed by atoms with van der Waals surface area (Å²) in [6.07, 6.45) is 6.56. The van der Waals surface area contributed by atoms with Gasteiger partial charge in [0.25, 0.3) is 0 Å². The van der Waals surface area contributed by atoms with E-state index in [4.69, 9.17) is 20.3 Å². The molecule has 1 heterocycles. The Labute approximate surface area is 177 Å². The molecule has 1 aliphatic heterocycles. The molecule has 4 N–H and O–H groups in total. The van der Waals surface area contributed by atoms with Gasteiger partial charge in [-0.15, -0.1) is 0 Å². The molecule has 0 saturated carbocycles. The summed E-state index contributed by atoms with van der Waals surface area (Å²) in [4.78, 5) is 23.5. The average molecular weight is 430 g/mol.